The average Bonchev–Trinajstić information content (AvgIpc) is 2.95. The van der Waals surface area contributed by atoms with Gasteiger partial charge in [0, 0.05) is 17.0 Å². The second kappa shape index (κ2) is 10.3. The zero-order valence-corrected chi connectivity index (χ0v) is 21.0. The monoisotopic (exact) mass is 507 g/mol. The summed E-state index contributed by atoms with van der Waals surface area (Å²) in [6, 6.07) is 26.8. The summed E-state index contributed by atoms with van der Waals surface area (Å²) in [5.41, 5.74) is 9.27. The molecule has 190 valence electrons. The highest BCUT2D eigenvalue weighted by atomic mass is 19.1. The molecule has 1 heterocycles. The van der Waals surface area contributed by atoms with Gasteiger partial charge in [0.25, 0.3) is 0 Å². The first-order chi connectivity index (χ1) is 18.4. The summed E-state index contributed by atoms with van der Waals surface area (Å²) < 4.78 is 25.2. The summed E-state index contributed by atoms with van der Waals surface area (Å²) in [5.74, 6) is 0.242. The quantitative estimate of drug-likeness (QED) is 0.286. The lowest BCUT2D eigenvalue weighted by atomic mass is 9.75. The highest BCUT2D eigenvalue weighted by Gasteiger charge is 2.35. The van der Waals surface area contributed by atoms with Crippen molar-refractivity contribution in [2.24, 2.45) is 5.73 Å². The maximum atomic E-state index is 13.5. The van der Waals surface area contributed by atoms with Crippen molar-refractivity contribution in [3.63, 3.8) is 0 Å². The zero-order chi connectivity index (χ0) is 26.7. The van der Waals surface area contributed by atoms with E-state index in [-0.39, 0.29) is 5.82 Å². The fourth-order valence-electron chi connectivity index (χ4n) is 4.50. The summed E-state index contributed by atoms with van der Waals surface area (Å²) in [4.78, 5) is 21.5. The first-order valence-electron chi connectivity index (χ1n) is 12.1. The molecule has 1 aromatic heterocycles. The van der Waals surface area contributed by atoms with E-state index in [0.29, 0.717) is 40.4 Å². The molecule has 1 amide bonds. The molecule has 1 unspecified atom stereocenters. The molecule has 7 heteroatoms. The lowest BCUT2D eigenvalue weighted by Gasteiger charge is -2.27. The third kappa shape index (κ3) is 4.66. The molecule has 4 aromatic carbocycles. The number of rotatable bonds is 8. The van der Waals surface area contributed by atoms with Gasteiger partial charge in [0.15, 0.2) is 11.5 Å². The number of ether oxygens (including phenoxy) is 2. The minimum atomic E-state index is -1.13. The Morgan fingerprint density at radius 2 is 1.55 bits per heavy atom. The van der Waals surface area contributed by atoms with Crippen molar-refractivity contribution in [2.45, 2.75) is 18.9 Å². The molecule has 0 aliphatic heterocycles. The van der Waals surface area contributed by atoms with Crippen LogP contribution in [0.4, 0.5) is 4.39 Å². The van der Waals surface area contributed by atoms with Crippen LogP contribution in [0.2, 0.25) is 0 Å². The Bertz CT molecular complexity index is 1590. The number of nitrogens with two attached hydrogens (primary N) is 1. The van der Waals surface area contributed by atoms with Gasteiger partial charge in [-0.25, -0.2) is 14.4 Å². The molecule has 5 rings (SSSR count). The SMILES string of the molecule is COc1cc2c(-c3ccc(C(C)(C(N)=O)c4ccc(F)cc4)cc3)ncnc2cc1OCc1ccccc1. The molecular formula is C31H26FN3O3. The van der Waals surface area contributed by atoms with Crippen LogP contribution in [0, 0.1) is 5.82 Å². The maximum Gasteiger partial charge on any atom is 0.232 e. The predicted molar refractivity (Wildman–Crippen MR) is 144 cm³/mol. The fourth-order valence-corrected chi connectivity index (χ4v) is 4.50. The lowest BCUT2D eigenvalue weighted by molar-refractivity contribution is -0.121. The molecule has 0 radical (unpaired) electrons. The maximum absolute atomic E-state index is 13.5. The topological polar surface area (TPSA) is 87.3 Å². The number of nitrogens with zero attached hydrogens (tertiary/aromatic N) is 2. The van der Waals surface area contributed by atoms with Crippen molar-refractivity contribution in [3.05, 3.63) is 120 Å². The standard InChI is InChI=1S/C31H26FN3O3/c1-31(30(33)36,23-12-14-24(32)15-13-23)22-10-8-21(9-11-22)29-25-16-27(37-2)28(17-26(25)34-19-35-29)38-18-20-6-4-3-5-7-20/h3-17,19H,18H2,1-2H3,(H2,33,36). The summed E-state index contributed by atoms with van der Waals surface area (Å²) in [7, 11) is 1.59. The van der Waals surface area contributed by atoms with Crippen LogP contribution in [0.1, 0.15) is 23.6 Å². The first kappa shape index (κ1) is 24.9. The Balaban J connectivity index is 1.50. The van der Waals surface area contributed by atoms with Gasteiger partial charge in [0.2, 0.25) is 5.91 Å². The van der Waals surface area contributed by atoms with Gasteiger partial charge in [-0.3, -0.25) is 4.79 Å². The van der Waals surface area contributed by atoms with E-state index in [1.807, 2.05) is 66.7 Å². The van der Waals surface area contributed by atoms with Crippen LogP contribution < -0.4 is 15.2 Å². The van der Waals surface area contributed by atoms with Crippen LogP contribution in [0.3, 0.4) is 0 Å². The van der Waals surface area contributed by atoms with Gasteiger partial charge >= 0.3 is 0 Å². The number of carbonyl (C=O) groups is 1. The van der Waals surface area contributed by atoms with Crippen LogP contribution in [-0.4, -0.2) is 23.0 Å². The Morgan fingerprint density at radius 3 is 2.18 bits per heavy atom. The Hall–Kier alpha value is -4.78. The molecule has 1 atom stereocenters. The molecule has 0 saturated heterocycles. The number of primary amides is 1. The van der Waals surface area contributed by atoms with Gasteiger partial charge < -0.3 is 15.2 Å². The van der Waals surface area contributed by atoms with Gasteiger partial charge in [0.1, 0.15) is 18.8 Å². The Morgan fingerprint density at radius 1 is 0.895 bits per heavy atom. The first-order valence-corrected chi connectivity index (χ1v) is 12.1. The smallest absolute Gasteiger partial charge is 0.232 e. The van der Waals surface area contributed by atoms with E-state index in [1.165, 1.54) is 18.5 Å². The second-order valence-electron chi connectivity index (χ2n) is 9.09. The number of fused-ring (bicyclic) bond motifs is 1. The zero-order valence-electron chi connectivity index (χ0n) is 21.0. The van der Waals surface area contributed by atoms with Crippen LogP contribution >= 0.6 is 0 Å². The van der Waals surface area contributed by atoms with Crippen LogP contribution in [-0.2, 0) is 16.8 Å². The van der Waals surface area contributed by atoms with Crippen molar-refractivity contribution >= 4 is 16.8 Å². The van der Waals surface area contributed by atoms with Crippen molar-refractivity contribution in [2.75, 3.05) is 7.11 Å². The van der Waals surface area contributed by atoms with Gasteiger partial charge in [-0.1, -0.05) is 66.7 Å². The number of halogens is 1. The van der Waals surface area contributed by atoms with Gasteiger partial charge in [0.05, 0.1) is 23.7 Å². The van der Waals surface area contributed by atoms with Crippen LogP contribution in [0.15, 0.2) is 97.3 Å². The molecule has 6 nitrogen and oxygen atoms in total. The molecule has 38 heavy (non-hydrogen) atoms. The third-order valence-electron chi connectivity index (χ3n) is 6.81. The summed E-state index contributed by atoms with van der Waals surface area (Å²) >= 11 is 0. The predicted octanol–water partition coefficient (Wildman–Crippen LogP) is 5.81. The highest BCUT2D eigenvalue weighted by molar-refractivity contribution is 5.95. The van der Waals surface area contributed by atoms with E-state index < -0.39 is 11.3 Å². The number of carbonyl (C=O) groups excluding carboxylic acids is 1. The number of methoxy groups -OCH3 is 1. The fraction of sp³-hybridized carbons (Fsp3) is 0.129. The van der Waals surface area contributed by atoms with Gasteiger partial charge in [-0.15, -0.1) is 0 Å². The van der Waals surface area contributed by atoms with E-state index in [4.69, 9.17) is 15.2 Å². The van der Waals surface area contributed by atoms with Crippen molar-refractivity contribution in [3.8, 4) is 22.8 Å². The minimum Gasteiger partial charge on any atom is -0.493 e. The van der Waals surface area contributed by atoms with Crippen LogP contribution in [0.25, 0.3) is 22.2 Å². The molecule has 0 bridgehead atoms. The van der Waals surface area contributed by atoms with Crippen molar-refractivity contribution < 1.29 is 18.7 Å². The van der Waals surface area contributed by atoms with Crippen molar-refractivity contribution in [1.29, 1.82) is 0 Å². The van der Waals surface area contributed by atoms with Gasteiger partial charge in [-0.05, 0) is 41.8 Å². The molecular weight excluding hydrogens is 481 g/mol. The number of benzene rings is 4. The van der Waals surface area contributed by atoms with E-state index in [9.17, 15) is 9.18 Å². The normalized spacial score (nSPS) is 12.6. The number of amides is 1. The van der Waals surface area contributed by atoms with Gasteiger partial charge in [-0.2, -0.15) is 0 Å². The number of hydrogen-bond donors (Lipinski definition) is 1. The summed E-state index contributed by atoms with van der Waals surface area (Å²) in [5, 5.41) is 0.792. The number of hydrogen-bond acceptors (Lipinski definition) is 5. The number of aromatic nitrogens is 2. The Labute approximate surface area is 219 Å². The highest BCUT2D eigenvalue weighted by Crippen LogP contribution is 2.37. The largest absolute Gasteiger partial charge is 0.493 e. The lowest BCUT2D eigenvalue weighted by Crippen LogP contribution is -2.39. The second-order valence-corrected chi connectivity index (χ2v) is 9.09. The Kier molecular flexibility index (Phi) is 6.75. The molecule has 0 aliphatic rings. The summed E-state index contributed by atoms with van der Waals surface area (Å²) in [6.45, 7) is 2.13. The van der Waals surface area contributed by atoms with E-state index >= 15 is 0 Å². The van der Waals surface area contributed by atoms with E-state index in [2.05, 4.69) is 9.97 Å². The molecule has 0 saturated carbocycles. The van der Waals surface area contributed by atoms with E-state index in [1.54, 1.807) is 26.2 Å². The van der Waals surface area contributed by atoms with Crippen LogP contribution in [0.5, 0.6) is 11.5 Å². The summed E-state index contributed by atoms with van der Waals surface area (Å²) in [6.07, 6.45) is 1.51. The molecule has 5 aromatic rings. The van der Waals surface area contributed by atoms with Crippen molar-refractivity contribution in [1.82, 2.24) is 9.97 Å². The molecule has 0 spiro atoms. The molecule has 0 fully saturated rings. The third-order valence-corrected chi connectivity index (χ3v) is 6.81. The minimum absolute atomic E-state index is 0.379. The molecule has 2 N–H and O–H groups in total. The van der Waals surface area contributed by atoms with E-state index in [0.717, 1.165) is 16.5 Å². The molecule has 0 aliphatic carbocycles. The average molecular weight is 508 g/mol.